The first-order valence-corrected chi connectivity index (χ1v) is 11.6. The summed E-state index contributed by atoms with van der Waals surface area (Å²) in [6.07, 6.45) is 4.91. The molecule has 1 saturated heterocycles. The van der Waals surface area contributed by atoms with Gasteiger partial charge in [-0.25, -0.2) is 8.42 Å². The van der Waals surface area contributed by atoms with E-state index in [4.69, 9.17) is 11.6 Å². The Kier molecular flexibility index (Phi) is 4.34. The molecule has 9 heteroatoms. The Morgan fingerprint density at radius 1 is 1.17 bits per heavy atom. The number of carbonyl (C=O) groups is 1. The maximum absolute atomic E-state index is 12.9. The first-order chi connectivity index (χ1) is 13.8. The lowest BCUT2D eigenvalue weighted by Gasteiger charge is -2.39. The molecule has 3 heterocycles. The van der Waals surface area contributed by atoms with Gasteiger partial charge in [0.1, 0.15) is 0 Å². The van der Waals surface area contributed by atoms with E-state index in [1.54, 1.807) is 33.7 Å². The lowest BCUT2D eigenvalue weighted by atomic mass is 10.1. The Balaban J connectivity index is 1.30. The van der Waals surface area contributed by atoms with Gasteiger partial charge in [0.15, 0.2) is 0 Å². The summed E-state index contributed by atoms with van der Waals surface area (Å²) >= 11 is 6.10. The predicted molar refractivity (Wildman–Crippen MR) is 112 cm³/mol. The second kappa shape index (κ2) is 6.68. The summed E-state index contributed by atoms with van der Waals surface area (Å²) in [6.45, 7) is 2.89. The number of fused-ring (bicyclic) bond motifs is 1. The van der Waals surface area contributed by atoms with E-state index in [9.17, 15) is 13.2 Å². The van der Waals surface area contributed by atoms with Crippen LogP contribution in [0.4, 0.5) is 11.4 Å². The number of aromatic nitrogens is 1. The van der Waals surface area contributed by atoms with Crippen LogP contribution in [0.2, 0.25) is 5.02 Å². The normalized spacial score (nSPS) is 22.5. The van der Waals surface area contributed by atoms with Crippen molar-refractivity contribution in [3.63, 3.8) is 0 Å². The molecule has 3 aliphatic rings. The van der Waals surface area contributed by atoms with Crippen molar-refractivity contribution in [2.75, 3.05) is 23.3 Å². The molecule has 0 unspecified atom stereocenters. The van der Waals surface area contributed by atoms with Crippen molar-refractivity contribution < 1.29 is 13.2 Å². The number of pyridine rings is 1. The molecular formula is C20H21ClN4O3S. The molecule has 0 bridgehead atoms. The topological polar surface area (TPSA) is 82.6 Å². The standard InChI is InChI=1S/C20H21ClN4O3S/c1-12-19-6-13(21)2-5-18(19)20(26)25(12)16-7-14(8-22-9-16)23-15-10-24(11-15)29(27,28)17-3-4-17/h2,5-9,12,15,17,23H,3-4,10-11H2,1H3/t12-/m0/s1. The highest BCUT2D eigenvalue weighted by Crippen LogP contribution is 2.39. The molecule has 1 aromatic carbocycles. The van der Waals surface area contributed by atoms with Crippen LogP contribution in [-0.2, 0) is 10.0 Å². The number of anilines is 2. The molecule has 0 spiro atoms. The number of sulfonamides is 1. The van der Waals surface area contributed by atoms with E-state index < -0.39 is 10.0 Å². The first-order valence-electron chi connectivity index (χ1n) is 9.68. The summed E-state index contributed by atoms with van der Waals surface area (Å²) in [5.74, 6) is -0.0755. The molecule has 1 aromatic heterocycles. The Hall–Kier alpha value is -2.16. The van der Waals surface area contributed by atoms with Gasteiger partial charge >= 0.3 is 0 Å². The van der Waals surface area contributed by atoms with Gasteiger partial charge in [0.25, 0.3) is 5.91 Å². The number of nitrogens with one attached hydrogen (secondary N) is 1. The van der Waals surface area contributed by atoms with Gasteiger partial charge in [-0.1, -0.05) is 11.6 Å². The van der Waals surface area contributed by atoms with Gasteiger partial charge in [-0.15, -0.1) is 0 Å². The van der Waals surface area contributed by atoms with E-state index in [1.165, 1.54) is 0 Å². The highest BCUT2D eigenvalue weighted by molar-refractivity contribution is 7.90. The van der Waals surface area contributed by atoms with Gasteiger partial charge in [-0.3, -0.25) is 14.7 Å². The number of hydrogen-bond donors (Lipinski definition) is 1. The summed E-state index contributed by atoms with van der Waals surface area (Å²) in [4.78, 5) is 18.9. The van der Waals surface area contributed by atoms with Crippen LogP contribution in [0.3, 0.4) is 0 Å². The van der Waals surface area contributed by atoms with Gasteiger partial charge in [0, 0.05) is 23.7 Å². The molecule has 1 saturated carbocycles. The van der Waals surface area contributed by atoms with Crippen molar-refractivity contribution in [3.05, 3.63) is 52.8 Å². The second-order valence-corrected chi connectivity index (χ2v) is 10.6. The average molecular weight is 433 g/mol. The molecule has 1 N–H and O–H groups in total. The van der Waals surface area contributed by atoms with Gasteiger partial charge in [-0.05, 0) is 49.6 Å². The third-order valence-corrected chi connectivity index (χ3v) is 8.39. The molecule has 2 aliphatic heterocycles. The third kappa shape index (κ3) is 3.19. The molecule has 29 heavy (non-hydrogen) atoms. The molecule has 2 fully saturated rings. The third-order valence-electron chi connectivity index (χ3n) is 5.83. The van der Waals surface area contributed by atoms with Crippen LogP contribution in [0.5, 0.6) is 0 Å². The minimum atomic E-state index is -3.11. The maximum Gasteiger partial charge on any atom is 0.259 e. The zero-order chi connectivity index (χ0) is 20.3. The molecule has 1 atom stereocenters. The molecule has 0 radical (unpaired) electrons. The number of carbonyl (C=O) groups excluding carboxylic acids is 1. The van der Waals surface area contributed by atoms with E-state index in [-0.39, 0.29) is 23.2 Å². The zero-order valence-corrected chi connectivity index (χ0v) is 17.4. The van der Waals surface area contributed by atoms with Gasteiger partial charge in [0.05, 0.1) is 41.1 Å². The van der Waals surface area contributed by atoms with Gasteiger partial charge < -0.3 is 5.32 Å². The van der Waals surface area contributed by atoms with Crippen LogP contribution >= 0.6 is 11.6 Å². The minimum absolute atomic E-state index is 0.0447. The van der Waals surface area contributed by atoms with E-state index in [1.807, 2.05) is 19.1 Å². The van der Waals surface area contributed by atoms with Gasteiger partial charge in [-0.2, -0.15) is 4.31 Å². The number of hydrogen-bond acceptors (Lipinski definition) is 5. The van der Waals surface area contributed by atoms with Gasteiger partial charge in [0.2, 0.25) is 10.0 Å². The largest absolute Gasteiger partial charge is 0.378 e. The SMILES string of the molecule is C[C@H]1c2cc(Cl)ccc2C(=O)N1c1cncc(NC2CN(S(=O)(=O)C3CC3)C2)c1. The van der Waals surface area contributed by atoms with E-state index in [2.05, 4.69) is 10.3 Å². The molecule has 1 aliphatic carbocycles. The minimum Gasteiger partial charge on any atom is -0.378 e. The van der Waals surface area contributed by atoms with Crippen LogP contribution < -0.4 is 10.2 Å². The van der Waals surface area contributed by atoms with E-state index in [0.29, 0.717) is 29.4 Å². The number of halogens is 1. The zero-order valence-electron chi connectivity index (χ0n) is 15.9. The van der Waals surface area contributed by atoms with Crippen molar-refractivity contribution in [1.82, 2.24) is 9.29 Å². The van der Waals surface area contributed by atoms with E-state index >= 15 is 0 Å². The Labute approximate surface area is 174 Å². The summed E-state index contributed by atoms with van der Waals surface area (Å²) in [5, 5.41) is 3.77. The summed E-state index contributed by atoms with van der Waals surface area (Å²) in [5.41, 5.74) is 3.02. The molecule has 1 amide bonds. The monoisotopic (exact) mass is 432 g/mol. The smallest absolute Gasteiger partial charge is 0.259 e. The van der Waals surface area contributed by atoms with Crippen LogP contribution in [0, 0.1) is 0 Å². The number of rotatable bonds is 5. The number of benzene rings is 1. The highest BCUT2D eigenvalue weighted by Gasteiger charge is 2.45. The molecular weight excluding hydrogens is 412 g/mol. The lowest BCUT2D eigenvalue weighted by Crippen LogP contribution is -2.57. The van der Waals surface area contributed by atoms with Crippen LogP contribution in [-0.4, -0.2) is 48.0 Å². The number of amides is 1. The Bertz CT molecular complexity index is 1100. The van der Waals surface area contributed by atoms with E-state index in [0.717, 1.165) is 24.1 Å². The fraction of sp³-hybridized carbons (Fsp3) is 0.400. The maximum atomic E-state index is 12.9. The predicted octanol–water partition coefficient (Wildman–Crippen LogP) is 3.04. The van der Waals surface area contributed by atoms with Crippen molar-refractivity contribution in [2.24, 2.45) is 0 Å². The average Bonchev–Trinajstić information content (AvgIpc) is 3.47. The molecule has 7 nitrogen and oxygen atoms in total. The first kappa shape index (κ1) is 18.8. The molecule has 5 rings (SSSR count). The van der Waals surface area contributed by atoms with Crippen LogP contribution in [0.15, 0.2) is 36.7 Å². The lowest BCUT2D eigenvalue weighted by molar-refractivity contribution is 0.0992. The van der Waals surface area contributed by atoms with Crippen molar-refractivity contribution in [3.8, 4) is 0 Å². The van der Waals surface area contributed by atoms with Crippen molar-refractivity contribution >= 4 is 38.9 Å². The number of nitrogens with zero attached hydrogens (tertiary/aromatic N) is 3. The fourth-order valence-electron chi connectivity index (χ4n) is 4.05. The van der Waals surface area contributed by atoms with Crippen molar-refractivity contribution in [1.29, 1.82) is 0 Å². The fourth-order valence-corrected chi connectivity index (χ4v) is 6.16. The molecule has 152 valence electrons. The Morgan fingerprint density at radius 2 is 1.93 bits per heavy atom. The summed E-state index contributed by atoms with van der Waals surface area (Å²) < 4.78 is 26.0. The quantitative estimate of drug-likeness (QED) is 0.785. The summed E-state index contributed by atoms with van der Waals surface area (Å²) in [6, 6.07) is 7.10. The highest BCUT2D eigenvalue weighted by atomic mass is 35.5. The summed E-state index contributed by atoms with van der Waals surface area (Å²) in [7, 11) is -3.11. The van der Waals surface area contributed by atoms with Crippen LogP contribution in [0.1, 0.15) is 41.7 Å². The second-order valence-electron chi connectivity index (χ2n) is 7.92. The Morgan fingerprint density at radius 3 is 2.66 bits per heavy atom. The van der Waals surface area contributed by atoms with Crippen molar-refractivity contribution in [2.45, 2.75) is 37.1 Å². The molecule has 2 aromatic rings. The van der Waals surface area contributed by atoms with Crippen LogP contribution in [0.25, 0.3) is 0 Å².